The van der Waals surface area contributed by atoms with Gasteiger partial charge in [0.2, 0.25) is 0 Å². The highest BCUT2D eigenvalue weighted by molar-refractivity contribution is 6.69. The van der Waals surface area contributed by atoms with E-state index in [1.165, 1.54) is 5.56 Å². The smallest absolute Gasteiger partial charge is 0.185 e. The van der Waals surface area contributed by atoms with Gasteiger partial charge in [-0.2, -0.15) is 5.26 Å². The summed E-state index contributed by atoms with van der Waals surface area (Å²) in [4.78, 5) is 0. The van der Waals surface area contributed by atoms with Gasteiger partial charge in [0.1, 0.15) is 0 Å². The fourth-order valence-electron chi connectivity index (χ4n) is 2.12. The quantitative estimate of drug-likeness (QED) is 0.748. The third kappa shape index (κ3) is 2.18. The van der Waals surface area contributed by atoms with E-state index in [-0.39, 0.29) is 5.92 Å². The third-order valence-corrected chi connectivity index (χ3v) is 3.77. The fraction of sp³-hybridized carbons (Fsp3) is 0.462. The summed E-state index contributed by atoms with van der Waals surface area (Å²) in [6.07, 6.45) is 0.845. The van der Waals surface area contributed by atoms with E-state index in [9.17, 15) is 5.26 Å². The topological polar surface area (TPSA) is 33.0 Å². The molecule has 3 heteroatoms. The predicted octanol–water partition coefficient (Wildman–Crippen LogP) is 3.29. The average Bonchev–Trinajstić information content (AvgIpc) is 2.92. The second kappa shape index (κ2) is 3.72. The summed E-state index contributed by atoms with van der Waals surface area (Å²) in [5, 5.41) is 9.30. The van der Waals surface area contributed by atoms with E-state index in [0.29, 0.717) is 0 Å². The van der Waals surface area contributed by atoms with Gasteiger partial charge in [0.05, 0.1) is 6.07 Å². The monoisotopic (exact) mass is 231 g/mol. The molecule has 0 spiro atoms. The first-order chi connectivity index (χ1) is 7.47. The number of nitriles is 1. The lowest BCUT2D eigenvalue weighted by atomic mass is 10.1. The SMILES string of the molecule is C[Si](C)(C)O[C@]1(C#N)C[C@@H]1c1ccccc1. The van der Waals surface area contributed by atoms with E-state index >= 15 is 0 Å². The van der Waals surface area contributed by atoms with Gasteiger partial charge in [0.15, 0.2) is 13.9 Å². The normalized spacial score (nSPS) is 28.5. The number of hydrogen-bond donors (Lipinski definition) is 0. The van der Waals surface area contributed by atoms with E-state index in [1.807, 2.05) is 18.2 Å². The zero-order valence-corrected chi connectivity index (χ0v) is 11.0. The van der Waals surface area contributed by atoms with Crippen molar-refractivity contribution < 1.29 is 4.43 Å². The second-order valence-corrected chi connectivity index (χ2v) is 9.81. The van der Waals surface area contributed by atoms with Crippen LogP contribution in [0.25, 0.3) is 0 Å². The zero-order chi connectivity index (χ0) is 11.8. The van der Waals surface area contributed by atoms with Crippen molar-refractivity contribution >= 4 is 8.32 Å². The predicted molar refractivity (Wildman–Crippen MR) is 66.6 cm³/mol. The van der Waals surface area contributed by atoms with Gasteiger partial charge < -0.3 is 4.43 Å². The van der Waals surface area contributed by atoms with Crippen molar-refractivity contribution in [3.8, 4) is 6.07 Å². The van der Waals surface area contributed by atoms with Crippen molar-refractivity contribution in [2.75, 3.05) is 0 Å². The minimum absolute atomic E-state index is 0.269. The van der Waals surface area contributed by atoms with Crippen molar-refractivity contribution in [3.63, 3.8) is 0 Å². The number of nitrogens with zero attached hydrogens (tertiary/aromatic N) is 1. The van der Waals surface area contributed by atoms with Crippen LogP contribution in [0.3, 0.4) is 0 Å². The first kappa shape index (κ1) is 11.4. The van der Waals surface area contributed by atoms with E-state index in [2.05, 4.69) is 37.8 Å². The summed E-state index contributed by atoms with van der Waals surface area (Å²) in [5.41, 5.74) is 0.688. The van der Waals surface area contributed by atoms with E-state index < -0.39 is 13.9 Å². The largest absolute Gasteiger partial charge is 0.399 e. The summed E-state index contributed by atoms with van der Waals surface area (Å²) in [5.74, 6) is 0.269. The molecule has 84 valence electrons. The van der Waals surface area contributed by atoms with Gasteiger partial charge in [-0.15, -0.1) is 0 Å². The first-order valence-electron chi connectivity index (χ1n) is 5.63. The molecule has 1 aliphatic carbocycles. The van der Waals surface area contributed by atoms with Crippen LogP contribution in [0.4, 0.5) is 0 Å². The van der Waals surface area contributed by atoms with Crippen LogP contribution in [-0.4, -0.2) is 13.9 Å². The number of rotatable bonds is 3. The van der Waals surface area contributed by atoms with Crippen LogP contribution in [0.2, 0.25) is 19.6 Å². The van der Waals surface area contributed by atoms with Crippen LogP contribution in [-0.2, 0) is 4.43 Å². The fourth-order valence-corrected chi connectivity index (χ4v) is 3.49. The lowest BCUT2D eigenvalue weighted by Crippen LogP contribution is -2.33. The second-order valence-electron chi connectivity index (χ2n) is 5.38. The average molecular weight is 231 g/mol. The van der Waals surface area contributed by atoms with Crippen molar-refractivity contribution in [2.24, 2.45) is 0 Å². The zero-order valence-electron chi connectivity index (χ0n) is 10.0. The van der Waals surface area contributed by atoms with E-state index in [4.69, 9.17) is 4.43 Å². The molecule has 0 heterocycles. The molecule has 0 N–H and O–H groups in total. The Morgan fingerprint density at radius 3 is 2.44 bits per heavy atom. The molecule has 0 bridgehead atoms. The summed E-state index contributed by atoms with van der Waals surface area (Å²) >= 11 is 0. The van der Waals surface area contributed by atoms with Gasteiger partial charge in [-0.05, 0) is 25.2 Å². The highest BCUT2D eigenvalue weighted by Crippen LogP contribution is 2.54. The molecule has 0 amide bonds. The van der Waals surface area contributed by atoms with Gasteiger partial charge >= 0.3 is 0 Å². The Hall–Kier alpha value is -1.11. The van der Waals surface area contributed by atoms with Crippen molar-refractivity contribution in [2.45, 2.75) is 37.6 Å². The van der Waals surface area contributed by atoms with Crippen molar-refractivity contribution in [1.29, 1.82) is 5.26 Å². The summed E-state index contributed by atoms with van der Waals surface area (Å²) in [6, 6.07) is 12.6. The van der Waals surface area contributed by atoms with Gasteiger partial charge in [-0.25, -0.2) is 0 Å². The highest BCUT2D eigenvalue weighted by Gasteiger charge is 2.58. The first-order valence-corrected chi connectivity index (χ1v) is 9.04. The summed E-state index contributed by atoms with van der Waals surface area (Å²) in [7, 11) is -1.65. The van der Waals surface area contributed by atoms with Gasteiger partial charge in [0, 0.05) is 12.3 Å². The Morgan fingerprint density at radius 2 is 1.94 bits per heavy atom. The number of hydrogen-bond acceptors (Lipinski definition) is 2. The van der Waals surface area contributed by atoms with Crippen LogP contribution in [0, 0.1) is 11.3 Å². The summed E-state index contributed by atoms with van der Waals surface area (Å²) in [6.45, 7) is 6.39. The van der Waals surface area contributed by atoms with Gasteiger partial charge in [-0.1, -0.05) is 30.3 Å². The van der Waals surface area contributed by atoms with E-state index in [0.717, 1.165) is 6.42 Å². The van der Waals surface area contributed by atoms with Crippen LogP contribution >= 0.6 is 0 Å². The van der Waals surface area contributed by atoms with Crippen LogP contribution in [0.15, 0.2) is 30.3 Å². The molecule has 1 aliphatic rings. The van der Waals surface area contributed by atoms with E-state index in [1.54, 1.807) is 0 Å². The molecule has 2 nitrogen and oxygen atoms in total. The minimum atomic E-state index is -1.65. The Kier molecular flexibility index (Phi) is 2.65. The lowest BCUT2D eigenvalue weighted by Gasteiger charge is -2.22. The molecule has 16 heavy (non-hydrogen) atoms. The van der Waals surface area contributed by atoms with Crippen molar-refractivity contribution in [1.82, 2.24) is 0 Å². The molecule has 0 radical (unpaired) electrons. The van der Waals surface area contributed by atoms with Gasteiger partial charge in [-0.3, -0.25) is 0 Å². The maximum absolute atomic E-state index is 9.30. The number of benzene rings is 1. The van der Waals surface area contributed by atoms with Gasteiger partial charge in [0.25, 0.3) is 0 Å². The molecular formula is C13H17NOSi. The summed E-state index contributed by atoms with van der Waals surface area (Å²) < 4.78 is 6.03. The molecule has 1 saturated carbocycles. The molecule has 1 aromatic carbocycles. The minimum Gasteiger partial charge on any atom is -0.399 e. The maximum Gasteiger partial charge on any atom is 0.185 e. The molecular weight excluding hydrogens is 214 g/mol. The van der Waals surface area contributed by atoms with Crippen LogP contribution in [0.5, 0.6) is 0 Å². The standard InChI is InChI=1S/C13H17NOSi/c1-16(2,3)15-13(10-14)9-12(13)11-7-5-4-6-8-11/h4-8,12H,9H2,1-3H3/t12-,13+/m1/s1. The maximum atomic E-state index is 9.30. The molecule has 0 aliphatic heterocycles. The molecule has 1 fully saturated rings. The Labute approximate surface area is 98.0 Å². The highest BCUT2D eigenvalue weighted by atomic mass is 28.4. The molecule has 0 unspecified atom stereocenters. The Bertz CT molecular complexity index is 418. The molecule has 1 aromatic rings. The molecule has 2 rings (SSSR count). The molecule has 0 saturated heterocycles. The van der Waals surface area contributed by atoms with Crippen LogP contribution < -0.4 is 0 Å². The molecule has 2 atom stereocenters. The molecule has 0 aromatic heterocycles. The van der Waals surface area contributed by atoms with Crippen LogP contribution in [0.1, 0.15) is 17.9 Å². The Morgan fingerprint density at radius 1 is 1.31 bits per heavy atom. The third-order valence-electron chi connectivity index (χ3n) is 2.79. The lowest BCUT2D eigenvalue weighted by molar-refractivity contribution is 0.222. The Balaban J connectivity index is 2.16. The van der Waals surface area contributed by atoms with Crippen molar-refractivity contribution in [3.05, 3.63) is 35.9 Å².